The van der Waals surface area contributed by atoms with Crippen molar-refractivity contribution >= 4 is 11.0 Å². The molecule has 0 atom stereocenters. The zero-order valence-corrected chi connectivity index (χ0v) is 10.7. The molecular weight excluding hydrogens is 212 g/mol. The van der Waals surface area contributed by atoms with E-state index in [1.54, 1.807) is 0 Å². The molecule has 0 fully saturated rings. The highest BCUT2D eigenvalue weighted by Crippen LogP contribution is 2.31. The number of rotatable bonds is 0. The molecule has 1 aromatic carbocycles. The average molecular weight is 230 g/mol. The van der Waals surface area contributed by atoms with E-state index in [9.17, 15) is 0 Å². The summed E-state index contributed by atoms with van der Waals surface area (Å²) in [7, 11) is 0. The van der Waals surface area contributed by atoms with Crippen molar-refractivity contribution < 1.29 is 4.74 Å². The topological polar surface area (TPSA) is 27.1 Å². The Morgan fingerprint density at radius 3 is 2.88 bits per heavy atom. The van der Waals surface area contributed by atoms with Crippen LogP contribution in [0.1, 0.15) is 32.2 Å². The van der Waals surface area contributed by atoms with Crippen LogP contribution in [-0.4, -0.2) is 16.2 Å². The van der Waals surface area contributed by atoms with Gasteiger partial charge >= 0.3 is 0 Å². The van der Waals surface area contributed by atoms with Gasteiger partial charge in [-0.1, -0.05) is 32.9 Å². The number of aromatic nitrogens is 2. The molecule has 3 rings (SSSR count). The van der Waals surface area contributed by atoms with Gasteiger partial charge in [-0.3, -0.25) is 0 Å². The van der Waals surface area contributed by atoms with Crippen LogP contribution in [-0.2, 0) is 23.3 Å². The molecule has 0 unspecified atom stereocenters. The molecule has 3 nitrogen and oxygen atoms in total. The second kappa shape index (κ2) is 3.57. The first-order chi connectivity index (χ1) is 8.07. The zero-order chi connectivity index (χ0) is 12.0. The van der Waals surface area contributed by atoms with E-state index in [2.05, 4.69) is 48.5 Å². The molecule has 1 aromatic heterocycles. The maximum atomic E-state index is 5.47. The monoisotopic (exact) mass is 230 g/mol. The summed E-state index contributed by atoms with van der Waals surface area (Å²) in [5, 5.41) is 0. The van der Waals surface area contributed by atoms with Gasteiger partial charge in [0.15, 0.2) is 0 Å². The van der Waals surface area contributed by atoms with Gasteiger partial charge in [-0.2, -0.15) is 0 Å². The molecule has 0 aliphatic carbocycles. The molecule has 2 heterocycles. The van der Waals surface area contributed by atoms with Gasteiger partial charge in [-0.05, 0) is 17.0 Å². The Bertz CT molecular complexity index is 563. The standard InChI is InChI=1S/C14H18N2O/c1-14(2,3)10-5-4-6-11-13(10)16-7-8-17-9-12(16)15-11/h4-6H,7-9H2,1-3H3. The summed E-state index contributed by atoms with van der Waals surface area (Å²) in [6.07, 6.45) is 0. The van der Waals surface area contributed by atoms with Crippen LogP contribution in [0.15, 0.2) is 18.2 Å². The van der Waals surface area contributed by atoms with Crippen molar-refractivity contribution in [1.29, 1.82) is 0 Å². The minimum atomic E-state index is 0.147. The van der Waals surface area contributed by atoms with E-state index in [0.717, 1.165) is 24.5 Å². The van der Waals surface area contributed by atoms with E-state index in [-0.39, 0.29) is 5.41 Å². The van der Waals surface area contributed by atoms with Gasteiger partial charge in [0.05, 0.1) is 17.6 Å². The smallest absolute Gasteiger partial charge is 0.136 e. The van der Waals surface area contributed by atoms with Crippen molar-refractivity contribution in [3.63, 3.8) is 0 Å². The molecule has 0 bridgehead atoms. The molecule has 0 saturated carbocycles. The van der Waals surface area contributed by atoms with Gasteiger partial charge in [-0.15, -0.1) is 0 Å². The van der Waals surface area contributed by atoms with Crippen LogP contribution in [0.2, 0.25) is 0 Å². The minimum absolute atomic E-state index is 0.147. The highest BCUT2D eigenvalue weighted by Gasteiger charge is 2.22. The van der Waals surface area contributed by atoms with E-state index < -0.39 is 0 Å². The van der Waals surface area contributed by atoms with Gasteiger partial charge in [0.2, 0.25) is 0 Å². The first-order valence-corrected chi connectivity index (χ1v) is 6.14. The summed E-state index contributed by atoms with van der Waals surface area (Å²) < 4.78 is 7.79. The van der Waals surface area contributed by atoms with Crippen LogP contribution >= 0.6 is 0 Å². The second-order valence-corrected chi connectivity index (χ2v) is 5.66. The van der Waals surface area contributed by atoms with Crippen LogP contribution in [0.3, 0.4) is 0 Å². The van der Waals surface area contributed by atoms with Gasteiger partial charge in [0.25, 0.3) is 0 Å². The first kappa shape index (κ1) is 10.8. The van der Waals surface area contributed by atoms with E-state index in [1.165, 1.54) is 11.1 Å². The first-order valence-electron chi connectivity index (χ1n) is 6.14. The SMILES string of the molecule is CC(C)(C)c1cccc2nc3n(c12)CCOC3. The van der Waals surface area contributed by atoms with Crippen molar-refractivity contribution in [3.05, 3.63) is 29.6 Å². The number of para-hydroxylation sites is 1. The van der Waals surface area contributed by atoms with Crippen LogP contribution in [0.4, 0.5) is 0 Å². The van der Waals surface area contributed by atoms with E-state index in [0.29, 0.717) is 6.61 Å². The maximum absolute atomic E-state index is 5.47. The summed E-state index contributed by atoms with van der Waals surface area (Å²) in [5.41, 5.74) is 3.90. The lowest BCUT2D eigenvalue weighted by Gasteiger charge is -2.22. The normalized spacial score (nSPS) is 16.2. The predicted molar refractivity (Wildman–Crippen MR) is 68.1 cm³/mol. The molecule has 0 radical (unpaired) electrons. The number of ether oxygens (including phenoxy) is 1. The summed E-state index contributed by atoms with van der Waals surface area (Å²) in [6.45, 7) is 9.09. The number of nitrogens with zero attached hydrogens (tertiary/aromatic N) is 2. The van der Waals surface area contributed by atoms with Crippen molar-refractivity contribution in [2.24, 2.45) is 0 Å². The molecule has 0 N–H and O–H groups in total. The number of fused-ring (bicyclic) bond motifs is 3. The second-order valence-electron chi connectivity index (χ2n) is 5.66. The van der Waals surface area contributed by atoms with Crippen LogP contribution < -0.4 is 0 Å². The largest absolute Gasteiger partial charge is 0.372 e. The minimum Gasteiger partial charge on any atom is -0.372 e. The van der Waals surface area contributed by atoms with Crippen LogP contribution in [0, 0.1) is 0 Å². The van der Waals surface area contributed by atoms with Crippen molar-refractivity contribution in [3.8, 4) is 0 Å². The highest BCUT2D eigenvalue weighted by atomic mass is 16.5. The number of imidazole rings is 1. The third-order valence-corrected chi connectivity index (χ3v) is 3.34. The van der Waals surface area contributed by atoms with E-state index in [4.69, 9.17) is 4.74 Å². The summed E-state index contributed by atoms with van der Waals surface area (Å²) >= 11 is 0. The summed E-state index contributed by atoms with van der Waals surface area (Å²) in [6, 6.07) is 6.41. The highest BCUT2D eigenvalue weighted by molar-refractivity contribution is 5.81. The number of hydrogen-bond acceptors (Lipinski definition) is 2. The average Bonchev–Trinajstić information content (AvgIpc) is 2.65. The summed E-state index contributed by atoms with van der Waals surface area (Å²) in [5.74, 6) is 1.06. The van der Waals surface area contributed by atoms with Gasteiger partial charge in [-0.25, -0.2) is 4.98 Å². The fraction of sp³-hybridized carbons (Fsp3) is 0.500. The fourth-order valence-electron chi connectivity index (χ4n) is 2.51. The molecule has 1 aliphatic rings. The molecular formula is C14H18N2O. The molecule has 17 heavy (non-hydrogen) atoms. The zero-order valence-electron chi connectivity index (χ0n) is 10.7. The lowest BCUT2D eigenvalue weighted by molar-refractivity contribution is 0.0829. The Balaban J connectivity index is 2.33. The van der Waals surface area contributed by atoms with Crippen molar-refractivity contribution in [1.82, 2.24) is 9.55 Å². The number of hydrogen-bond donors (Lipinski definition) is 0. The predicted octanol–water partition coefficient (Wildman–Crippen LogP) is 2.86. The Morgan fingerprint density at radius 2 is 2.12 bits per heavy atom. The van der Waals surface area contributed by atoms with Gasteiger partial charge in [0.1, 0.15) is 12.4 Å². The fourth-order valence-corrected chi connectivity index (χ4v) is 2.51. The number of benzene rings is 1. The summed E-state index contributed by atoms with van der Waals surface area (Å²) in [4.78, 5) is 4.67. The Hall–Kier alpha value is -1.35. The third kappa shape index (κ3) is 1.65. The lowest BCUT2D eigenvalue weighted by atomic mass is 9.86. The van der Waals surface area contributed by atoms with Crippen molar-refractivity contribution in [2.45, 2.75) is 39.3 Å². The molecule has 0 spiro atoms. The van der Waals surface area contributed by atoms with Crippen LogP contribution in [0.25, 0.3) is 11.0 Å². The van der Waals surface area contributed by atoms with Gasteiger partial charge < -0.3 is 9.30 Å². The quantitative estimate of drug-likeness (QED) is 0.696. The molecule has 0 amide bonds. The molecule has 0 saturated heterocycles. The third-order valence-electron chi connectivity index (χ3n) is 3.34. The maximum Gasteiger partial charge on any atom is 0.136 e. The van der Waals surface area contributed by atoms with Crippen LogP contribution in [0.5, 0.6) is 0 Å². The Morgan fingerprint density at radius 1 is 1.29 bits per heavy atom. The molecule has 3 heteroatoms. The molecule has 2 aromatic rings. The molecule has 90 valence electrons. The Kier molecular flexibility index (Phi) is 2.26. The van der Waals surface area contributed by atoms with Gasteiger partial charge in [0, 0.05) is 6.54 Å². The van der Waals surface area contributed by atoms with Crippen molar-refractivity contribution in [2.75, 3.05) is 6.61 Å². The van der Waals surface area contributed by atoms with E-state index in [1.807, 2.05) is 0 Å². The van der Waals surface area contributed by atoms with E-state index >= 15 is 0 Å². The Labute approximate surface area is 101 Å². The lowest BCUT2D eigenvalue weighted by Crippen LogP contribution is -2.19. The molecule has 1 aliphatic heterocycles.